The third-order valence-electron chi connectivity index (χ3n) is 7.07. The summed E-state index contributed by atoms with van der Waals surface area (Å²) in [4.78, 5) is 41.6. The fourth-order valence-electron chi connectivity index (χ4n) is 4.43. The number of nitrogens with two attached hydrogens (primary N) is 2. The lowest BCUT2D eigenvalue weighted by atomic mass is 10.3. The fraction of sp³-hybridized carbons (Fsp3) is 0.333. The van der Waals surface area contributed by atoms with E-state index in [1.165, 1.54) is 22.6 Å². The molecule has 5 aromatic heterocycles. The first-order chi connectivity index (χ1) is 21.8. The Hall–Kier alpha value is -6.14. The van der Waals surface area contributed by atoms with E-state index in [9.17, 15) is 9.59 Å². The van der Waals surface area contributed by atoms with Crippen LogP contribution in [0.4, 0.5) is 34.6 Å². The first kappa shape index (κ1) is 31.3. The van der Waals surface area contributed by atoms with Crippen LogP contribution in [0.1, 0.15) is 57.9 Å². The number of nitrogen functional groups attached to an aromatic ring is 2. The second kappa shape index (κ2) is 12.1. The van der Waals surface area contributed by atoms with Crippen LogP contribution in [0.2, 0.25) is 0 Å². The summed E-state index contributed by atoms with van der Waals surface area (Å²) in [6.07, 6.45) is 1.31. The van der Waals surface area contributed by atoms with Crippen LogP contribution in [0.3, 0.4) is 0 Å². The van der Waals surface area contributed by atoms with Crippen LogP contribution >= 0.6 is 0 Å². The number of azo groups is 2. The van der Waals surface area contributed by atoms with Crippen molar-refractivity contribution in [3.63, 3.8) is 0 Å². The molecule has 5 aromatic rings. The molecule has 46 heavy (non-hydrogen) atoms. The van der Waals surface area contributed by atoms with Gasteiger partial charge in [-0.15, -0.1) is 20.5 Å². The number of aryl methyl sites for hydroxylation is 4. The molecule has 0 aliphatic rings. The van der Waals surface area contributed by atoms with Gasteiger partial charge < -0.3 is 25.3 Å². The Morgan fingerprint density at radius 2 is 1.24 bits per heavy atom. The predicted molar refractivity (Wildman–Crippen MR) is 165 cm³/mol. The Bertz CT molecular complexity index is 2060. The molecule has 19 heteroatoms. The van der Waals surface area contributed by atoms with Crippen LogP contribution in [0.15, 0.2) is 32.9 Å². The predicted octanol–water partition coefficient (Wildman–Crippen LogP) is 3.92. The summed E-state index contributed by atoms with van der Waals surface area (Å²) in [5, 5.41) is 26.1. The van der Waals surface area contributed by atoms with Crippen molar-refractivity contribution in [1.82, 2.24) is 48.6 Å². The summed E-state index contributed by atoms with van der Waals surface area (Å²) in [7, 11) is 3.45. The molecule has 0 fully saturated rings. The summed E-state index contributed by atoms with van der Waals surface area (Å²) < 4.78 is 11.1. The van der Waals surface area contributed by atoms with Crippen molar-refractivity contribution < 1.29 is 14.3 Å². The molecule has 0 unspecified atom stereocenters. The average Bonchev–Trinajstić information content (AvgIpc) is 3.68. The van der Waals surface area contributed by atoms with Gasteiger partial charge in [0.15, 0.2) is 63.5 Å². The number of ether oxygens (including phenoxy) is 1. The molecule has 0 aliphatic carbocycles. The number of hydrogen-bond donors (Lipinski definition) is 2. The highest BCUT2D eigenvalue weighted by atomic mass is 16.5. The third kappa shape index (κ3) is 5.48. The highest BCUT2D eigenvalue weighted by Gasteiger charge is 2.23. The molecule has 0 radical (unpaired) electrons. The van der Waals surface area contributed by atoms with Crippen molar-refractivity contribution in [2.75, 3.05) is 18.1 Å². The second-order valence-corrected chi connectivity index (χ2v) is 10.2. The van der Waals surface area contributed by atoms with E-state index in [-0.39, 0.29) is 46.9 Å². The van der Waals surface area contributed by atoms with Gasteiger partial charge in [-0.1, -0.05) is 0 Å². The van der Waals surface area contributed by atoms with E-state index in [1.807, 2.05) is 0 Å². The van der Waals surface area contributed by atoms with E-state index in [0.717, 1.165) is 0 Å². The molecule has 238 valence electrons. The van der Waals surface area contributed by atoms with Gasteiger partial charge in [-0.2, -0.15) is 19.6 Å². The maximum atomic E-state index is 12.4. The van der Waals surface area contributed by atoms with E-state index in [4.69, 9.17) is 16.2 Å². The van der Waals surface area contributed by atoms with Crippen LogP contribution in [-0.2, 0) is 18.8 Å². The number of carbonyl (C=O) groups is 2. The molecule has 5 rings (SSSR count). The van der Waals surface area contributed by atoms with E-state index < -0.39 is 5.97 Å². The third-order valence-corrected chi connectivity index (χ3v) is 7.07. The highest BCUT2D eigenvalue weighted by molar-refractivity contribution is 5.96. The van der Waals surface area contributed by atoms with E-state index >= 15 is 0 Å². The quantitative estimate of drug-likeness (QED) is 0.134. The number of esters is 1. The standard InChI is InChI=1S/C27H32N16O3/c1-9-46-27(45)22-26(41(8)16(6)33-22)37-35-20-13(3)39-43(24(20)29)18-10-17(30-11-31-18)42-23(28)19(12(2)38-42)34-36-25-21(14(4)44)32-15(5)40(25)7/h10-11H,9,28-29H2,1-8H3. The molecule has 0 saturated carbocycles. The highest BCUT2D eigenvalue weighted by Crippen LogP contribution is 2.33. The van der Waals surface area contributed by atoms with Crippen LogP contribution in [0, 0.1) is 27.7 Å². The van der Waals surface area contributed by atoms with Crippen LogP contribution in [0.25, 0.3) is 11.6 Å². The monoisotopic (exact) mass is 628 g/mol. The van der Waals surface area contributed by atoms with Crippen LogP contribution < -0.4 is 11.5 Å². The van der Waals surface area contributed by atoms with Crippen molar-refractivity contribution in [2.24, 2.45) is 34.6 Å². The van der Waals surface area contributed by atoms with Crippen molar-refractivity contribution in [3.8, 4) is 11.6 Å². The molecule has 5 heterocycles. The lowest BCUT2D eigenvalue weighted by molar-refractivity contribution is 0.0520. The molecule has 19 nitrogen and oxygen atoms in total. The van der Waals surface area contributed by atoms with E-state index in [0.29, 0.717) is 46.2 Å². The second-order valence-electron chi connectivity index (χ2n) is 10.2. The zero-order valence-electron chi connectivity index (χ0n) is 26.5. The summed E-state index contributed by atoms with van der Waals surface area (Å²) in [5.41, 5.74) is 14.6. The summed E-state index contributed by atoms with van der Waals surface area (Å²) in [6.45, 7) is 10.2. The number of anilines is 2. The van der Waals surface area contributed by atoms with Gasteiger partial charge in [0.05, 0.1) is 18.0 Å². The SMILES string of the molecule is CCOC(=O)c1nc(C)n(C)c1N=Nc1c(C)nn(-c2cc(-n3nc(C)c(N=Nc4c(C(C)=O)nc(C)n4C)c3N)ncn2)c1N. The molecule has 0 amide bonds. The molecule has 0 saturated heterocycles. The number of rotatable bonds is 9. The molecular weight excluding hydrogens is 596 g/mol. The number of nitrogens with zero attached hydrogens (tertiary/aromatic N) is 14. The van der Waals surface area contributed by atoms with Crippen molar-refractivity contribution in [2.45, 2.75) is 41.5 Å². The Balaban J connectivity index is 1.48. The zero-order chi connectivity index (χ0) is 33.4. The molecule has 0 bridgehead atoms. The molecule has 4 N–H and O–H groups in total. The Morgan fingerprint density at radius 1 is 0.783 bits per heavy atom. The van der Waals surface area contributed by atoms with Gasteiger partial charge in [0.2, 0.25) is 0 Å². The largest absolute Gasteiger partial charge is 0.461 e. The number of imidazole rings is 2. The molecule has 0 aliphatic heterocycles. The first-order valence-electron chi connectivity index (χ1n) is 13.9. The van der Waals surface area contributed by atoms with Crippen molar-refractivity contribution in [3.05, 3.63) is 46.8 Å². The normalized spacial score (nSPS) is 11.7. The molecule has 0 aromatic carbocycles. The summed E-state index contributed by atoms with van der Waals surface area (Å²) in [6, 6.07) is 1.58. The van der Waals surface area contributed by atoms with Crippen LogP contribution in [0.5, 0.6) is 0 Å². The molecular formula is C27H32N16O3. The average molecular weight is 629 g/mol. The number of hydrogen-bond acceptors (Lipinski definition) is 15. The van der Waals surface area contributed by atoms with Gasteiger partial charge in [0, 0.05) is 27.1 Å². The lowest BCUT2D eigenvalue weighted by Crippen LogP contribution is -2.09. The summed E-state index contributed by atoms with van der Waals surface area (Å²) >= 11 is 0. The topological polar surface area (TPSA) is 242 Å². The lowest BCUT2D eigenvalue weighted by Gasteiger charge is -2.06. The first-order valence-corrected chi connectivity index (χ1v) is 13.9. The smallest absolute Gasteiger partial charge is 0.360 e. The van der Waals surface area contributed by atoms with E-state index in [1.54, 1.807) is 63.9 Å². The van der Waals surface area contributed by atoms with Gasteiger partial charge in [0.1, 0.15) is 18.0 Å². The summed E-state index contributed by atoms with van der Waals surface area (Å²) in [5.74, 6) is 1.70. The van der Waals surface area contributed by atoms with Gasteiger partial charge in [-0.25, -0.2) is 24.7 Å². The van der Waals surface area contributed by atoms with E-state index in [2.05, 4.69) is 50.6 Å². The maximum Gasteiger partial charge on any atom is 0.360 e. The number of Topliss-reactive ketones (excluding diaryl/α,β-unsaturated/α-hetero) is 1. The Morgan fingerprint density at radius 3 is 1.70 bits per heavy atom. The van der Waals surface area contributed by atoms with Gasteiger partial charge in [0.25, 0.3) is 0 Å². The Kier molecular flexibility index (Phi) is 8.23. The maximum absolute atomic E-state index is 12.4. The van der Waals surface area contributed by atoms with Crippen molar-refractivity contribution in [1.29, 1.82) is 0 Å². The number of carbonyl (C=O) groups excluding carboxylic acids is 2. The minimum Gasteiger partial charge on any atom is -0.461 e. The van der Waals surface area contributed by atoms with Crippen LogP contribution in [-0.4, -0.2) is 67.0 Å². The Labute approximate surface area is 262 Å². The molecule has 0 spiro atoms. The van der Waals surface area contributed by atoms with Gasteiger partial charge in [-0.05, 0) is 34.6 Å². The fourth-order valence-corrected chi connectivity index (χ4v) is 4.43. The minimum atomic E-state index is -0.611. The number of ketones is 1. The van der Waals surface area contributed by atoms with Gasteiger partial charge >= 0.3 is 5.97 Å². The van der Waals surface area contributed by atoms with Crippen molar-refractivity contribution >= 4 is 46.4 Å². The minimum absolute atomic E-state index is 0.0374. The zero-order valence-corrected chi connectivity index (χ0v) is 26.5. The molecule has 0 atom stereocenters. The van der Waals surface area contributed by atoms with Gasteiger partial charge in [-0.3, -0.25) is 4.79 Å². The number of aromatic nitrogens is 10.